The molecule has 0 amide bonds. The molecule has 2 atom stereocenters. The van der Waals surface area contributed by atoms with E-state index in [0.717, 1.165) is 16.7 Å². The van der Waals surface area contributed by atoms with Crippen LogP contribution in [0, 0.1) is 0 Å². The van der Waals surface area contributed by atoms with E-state index in [1.54, 1.807) is 13.8 Å². The molecule has 0 aliphatic rings. The maximum atomic E-state index is 9.48. The van der Waals surface area contributed by atoms with Gasteiger partial charge in [-0.2, -0.15) is 0 Å². The van der Waals surface area contributed by atoms with Gasteiger partial charge in [0.2, 0.25) is 0 Å². The summed E-state index contributed by atoms with van der Waals surface area (Å²) in [5.74, 6) is 0. The first kappa shape index (κ1) is 15.1. The van der Waals surface area contributed by atoms with Crippen molar-refractivity contribution in [3.8, 4) is 0 Å². The number of nitrogens with one attached hydrogen (secondary N) is 1. The summed E-state index contributed by atoms with van der Waals surface area (Å²) < 4.78 is 0. The molecule has 2 unspecified atom stereocenters. The van der Waals surface area contributed by atoms with Gasteiger partial charge in [0.25, 0.3) is 0 Å². The second-order valence-electron chi connectivity index (χ2n) is 4.79. The highest BCUT2D eigenvalue weighted by molar-refractivity contribution is 5.35. The number of nitrogens with two attached hydrogens (primary N) is 1. The molecule has 0 aliphatic heterocycles. The Balaban J connectivity index is 2.77. The molecule has 0 bridgehead atoms. The van der Waals surface area contributed by atoms with Crippen LogP contribution in [0.2, 0.25) is 0 Å². The predicted molar refractivity (Wildman–Crippen MR) is 73.1 cm³/mol. The molecular formula is C14H24N2O2. The van der Waals surface area contributed by atoms with Crippen molar-refractivity contribution in [3.63, 3.8) is 0 Å². The predicted octanol–water partition coefficient (Wildman–Crippen LogP) is 0.539. The second kappa shape index (κ2) is 7.48. The van der Waals surface area contributed by atoms with Gasteiger partial charge in [-0.05, 0) is 37.0 Å². The van der Waals surface area contributed by atoms with Crippen LogP contribution in [0.4, 0.5) is 0 Å². The smallest absolute Gasteiger partial charge is 0.0636 e. The van der Waals surface area contributed by atoms with E-state index in [1.807, 2.05) is 18.2 Å². The van der Waals surface area contributed by atoms with Crippen molar-refractivity contribution in [1.29, 1.82) is 0 Å². The first-order chi connectivity index (χ1) is 8.54. The van der Waals surface area contributed by atoms with Crippen LogP contribution in [0.3, 0.4) is 0 Å². The largest absolute Gasteiger partial charge is 0.393 e. The summed E-state index contributed by atoms with van der Waals surface area (Å²) in [6.45, 7) is 5.24. The van der Waals surface area contributed by atoms with Gasteiger partial charge in [-0.15, -0.1) is 0 Å². The fourth-order valence-electron chi connectivity index (χ4n) is 2.04. The summed E-state index contributed by atoms with van der Waals surface area (Å²) in [6.07, 6.45) is -0.0977. The molecular weight excluding hydrogens is 228 g/mol. The quantitative estimate of drug-likeness (QED) is 0.571. The van der Waals surface area contributed by atoms with Crippen LogP contribution in [0.5, 0.6) is 0 Å². The SMILES string of the molecule is CC(O)CNCc1cccc(CC(C)O)c1CN. The molecule has 1 rings (SSSR count). The fraction of sp³-hybridized carbons (Fsp3) is 0.571. The van der Waals surface area contributed by atoms with E-state index >= 15 is 0 Å². The number of aliphatic hydroxyl groups excluding tert-OH is 2. The Morgan fingerprint density at radius 3 is 2.39 bits per heavy atom. The Hall–Kier alpha value is -0.940. The molecule has 0 fully saturated rings. The Morgan fingerprint density at radius 2 is 1.83 bits per heavy atom. The van der Waals surface area contributed by atoms with Crippen LogP contribution in [0.25, 0.3) is 0 Å². The van der Waals surface area contributed by atoms with Crippen molar-refractivity contribution in [2.45, 2.75) is 45.6 Å². The van der Waals surface area contributed by atoms with E-state index in [2.05, 4.69) is 5.32 Å². The number of rotatable bonds is 7. The van der Waals surface area contributed by atoms with Gasteiger partial charge in [-0.1, -0.05) is 18.2 Å². The first-order valence-electron chi connectivity index (χ1n) is 6.41. The summed E-state index contributed by atoms with van der Waals surface area (Å²) >= 11 is 0. The second-order valence-corrected chi connectivity index (χ2v) is 4.79. The lowest BCUT2D eigenvalue weighted by molar-refractivity contribution is 0.191. The molecule has 5 N–H and O–H groups in total. The third kappa shape index (κ3) is 4.74. The monoisotopic (exact) mass is 252 g/mol. The van der Waals surface area contributed by atoms with Crippen molar-refractivity contribution in [2.75, 3.05) is 6.54 Å². The summed E-state index contributed by atoms with van der Waals surface area (Å²) in [5, 5.41) is 21.9. The molecule has 0 radical (unpaired) electrons. The fourth-order valence-corrected chi connectivity index (χ4v) is 2.04. The number of aliphatic hydroxyl groups is 2. The van der Waals surface area contributed by atoms with Gasteiger partial charge < -0.3 is 21.3 Å². The minimum absolute atomic E-state index is 0.355. The van der Waals surface area contributed by atoms with E-state index in [0.29, 0.717) is 26.1 Å². The van der Waals surface area contributed by atoms with Gasteiger partial charge in [-0.3, -0.25) is 0 Å². The highest BCUT2D eigenvalue weighted by Gasteiger charge is 2.09. The van der Waals surface area contributed by atoms with E-state index in [1.165, 1.54) is 0 Å². The summed E-state index contributed by atoms with van der Waals surface area (Å²) in [4.78, 5) is 0. The van der Waals surface area contributed by atoms with Gasteiger partial charge in [0.15, 0.2) is 0 Å². The molecule has 1 aromatic carbocycles. The van der Waals surface area contributed by atoms with Crippen molar-refractivity contribution in [2.24, 2.45) is 5.73 Å². The Bertz CT molecular complexity index is 365. The molecule has 102 valence electrons. The zero-order valence-electron chi connectivity index (χ0n) is 11.2. The maximum absolute atomic E-state index is 9.48. The molecule has 4 nitrogen and oxygen atoms in total. The van der Waals surface area contributed by atoms with E-state index in [4.69, 9.17) is 5.73 Å². The molecule has 18 heavy (non-hydrogen) atoms. The Kier molecular flexibility index (Phi) is 6.29. The van der Waals surface area contributed by atoms with Crippen LogP contribution >= 0.6 is 0 Å². The Labute approximate surface area is 109 Å². The maximum Gasteiger partial charge on any atom is 0.0636 e. The normalized spacial score (nSPS) is 14.5. The lowest BCUT2D eigenvalue weighted by Gasteiger charge is -2.15. The van der Waals surface area contributed by atoms with Crippen LogP contribution in [0.1, 0.15) is 30.5 Å². The van der Waals surface area contributed by atoms with Gasteiger partial charge in [-0.25, -0.2) is 0 Å². The molecule has 0 aliphatic carbocycles. The molecule has 0 heterocycles. The van der Waals surface area contributed by atoms with Crippen molar-refractivity contribution in [1.82, 2.24) is 5.32 Å². The van der Waals surface area contributed by atoms with Crippen LogP contribution in [0.15, 0.2) is 18.2 Å². The lowest BCUT2D eigenvalue weighted by Crippen LogP contribution is -2.25. The molecule has 0 saturated heterocycles. The molecule has 4 heteroatoms. The Morgan fingerprint density at radius 1 is 1.17 bits per heavy atom. The van der Waals surface area contributed by atoms with Crippen LogP contribution < -0.4 is 11.1 Å². The van der Waals surface area contributed by atoms with Gasteiger partial charge in [0, 0.05) is 19.6 Å². The number of hydrogen-bond acceptors (Lipinski definition) is 4. The first-order valence-corrected chi connectivity index (χ1v) is 6.41. The summed E-state index contributed by atoms with van der Waals surface area (Å²) in [5.41, 5.74) is 9.13. The third-order valence-electron chi connectivity index (χ3n) is 2.84. The molecule has 0 spiro atoms. The van der Waals surface area contributed by atoms with E-state index in [-0.39, 0.29) is 12.2 Å². The zero-order valence-corrected chi connectivity index (χ0v) is 11.2. The van der Waals surface area contributed by atoms with Crippen molar-refractivity contribution < 1.29 is 10.2 Å². The highest BCUT2D eigenvalue weighted by atomic mass is 16.3. The average molecular weight is 252 g/mol. The number of hydrogen-bond donors (Lipinski definition) is 4. The molecule has 0 saturated carbocycles. The van der Waals surface area contributed by atoms with Crippen molar-refractivity contribution >= 4 is 0 Å². The van der Waals surface area contributed by atoms with Gasteiger partial charge in [0.1, 0.15) is 0 Å². The van der Waals surface area contributed by atoms with E-state index < -0.39 is 0 Å². The lowest BCUT2D eigenvalue weighted by atomic mass is 9.97. The standard InChI is InChI=1S/C14H24N2O2/c1-10(17)6-12-4-3-5-13(14(12)7-15)9-16-8-11(2)18/h3-5,10-11,16-18H,6-9,15H2,1-2H3. The highest BCUT2D eigenvalue weighted by Crippen LogP contribution is 2.16. The third-order valence-corrected chi connectivity index (χ3v) is 2.84. The summed E-state index contributed by atoms with van der Waals surface area (Å²) in [6, 6.07) is 6.02. The van der Waals surface area contributed by atoms with Crippen molar-refractivity contribution in [3.05, 3.63) is 34.9 Å². The minimum atomic E-state index is -0.365. The van der Waals surface area contributed by atoms with Crippen LogP contribution in [-0.2, 0) is 19.5 Å². The number of benzene rings is 1. The minimum Gasteiger partial charge on any atom is -0.393 e. The summed E-state index contributed by atoms with van der Waals surface area (Å²) in [7, 11) is 0. The van der Waals surface area contributed by atoms with Crippen LogP contribution in [-0.4, -0.2) is 29.0 Å². The van der Waals surface area contributed by atoms with Gasteiger partial charge >= 0.3 is 0 Å². The molecule has 0 aromatic heterocycles. The topological polar surface area (TPSA) is 78.5 Å². The van der Waals surface area contributed by atoms with E-state index in [9.17, 15) is 10.2 Å². The zero-order chi connectivity index (χ0) is 13.5. The average Bonchev–Trinajstić information content (AvgIpc) is 2.28. The molecule has 1 aromatic rings. The van der Waals surface area contributed by atoms with Gasteiger partial charge in [0.05, 0.1) is 12.2 Å².